The number of rotatable bonds is 2. The van der Waals surface area contributed by atoms with Crippen LogP contribution in [0.15, 0.2) is 11.4 Å². The van der Waals surface area contributed by atoms with Crippen LogP contribution in [0.1, 0.15) is 31.2 Å². The minimum atomic E-state index is -0.806. The maximum atomic E-state index is 11.8. The van der Waals surface area contributed by atoms with Crippen LogP contribution in [0.25, 0.3) is 0 Å². The van der Waals surface area contributed by atoms with Crippen LogP contribution >= 0.6 is 11.3 Å². The fourth-order valence-electron chi connectivity index (χ4n) is 1.33. The molecule has 1 rings (SSSR count). The van der Waals surface area contributed by atoms with Crippen molar-refractivity contribution in [3.8, 4) is 0 Å². The molecule has 0 radical (unpaired) electrons. The van der Waals surface area contributed by atoms with Crippen LogP contribution in [0.5, 0.6) is 0 Å². The van der Waals surface area contributed by atoms with Crippen LogP contribution in [-0.2, 0) is 20.9 Å². The van der Waals surface area contributed by atoms with E-state index in [1.54, 1.807) is 39.2 Å². The van der Waals surface area contributed by atoms with E-state index in [1.165, 1.54) is 4.90 Å². The molecule has 0 aromatic carbocycles. The van der Waals surface area contributed by atoms with Gasteiger partial charge in [-0.05, 0) is 44.7 Å². The van der Waals surface area contributed by atoms with E-state index in [9.17, 15) is 9.59 Å². The van der Waals surface area contributed by atoms with Gasteiger partial charge in [0.05, 0.1) is 6.54 Å². The van der Waals surface area contributed by atoms with Gasteiger partial charge in [0.2, 0.25) is 0 Å². The predicted octanol–water partition coefficient (Wildman–Crippen LogP) is 2.36. The molecule has 0 aliphatic rings. The van der Waals surface area contributed by atoms with Crippen molar-refractivity contribution in [3.63, 3.8) is 0 Å². The van der Waals surface area contributed by atoms with Gasteiger partial charge in [-0.25, -0.2) is 4.79 Å². The fourth-order valence-corrected chi connectivity index (χ4v) is 2.29. The summed E-state index contributed by atoms with van der Waals surface area (Å²) in [6.07, 6.45) is 0. The Morgan fingerprint density at radius 3 is 2.44 bits per heavy atom. The normalized spacial score (nSPS) is 11.2. The summed E-state index contributed by atoms with van der Waals surface area (Å²) < 4.78 is 5.04. The molecule has 0 saturated carbocycles. The van der Waals surface area contributed by atoms with Crippen LogP contribution in [0.2, 0.25) is 0 Å². The molecule has 4 nitrogen and oxygen atoms in total. The number of esters is 1. The van der Waals surface area contributed by atoms with E-state index in [-0.39, 0.29) is 0 Å². The first-order chi connectivity index (χ1) is 8.20. The van der Waals surface area contributed by atoms with Crippen molar-refractivity contribution in [1.82, 2.24) is 4.90 Å². The van der Waals surface area contributed by atoms with Gasteiger partial charge in [-0.3, -0.25) is 4.79 Å². The molecule has 0 bridgehead atoms. The number of carbonyl (C=O) groups excluding carboxylic acids is 2. The van der Waals surface area contributed by atoms with Gasteiger partial charge in [-0.2, -0.15) is 0 Å². The van der Waals surface area contributed by atoms with Crippen LogP contribution in [0, 0.1) is 6.92 Å². The molecule has 1 amide bonds. The van der Waals surface area contributed by atoms with Gasteiger partial charge in [0.15, 0.2) is 0 Å². The Kier molecular flexibility index (Phi) is 4.51. The number of aryl methyl sites for hydroxylation is 1. The third kappa shape index (κ3) is 4.14. The Hall–Kier alpha value is -1.36. The van der Waals surface area contributed by atoms with Gasteiger partial charge < -0.3 is 9.64 Å². The molecule has 0 fully saturated rings. The van der Waals surface area contributed by atoms with Crippen molar-refractivity contribution in [2.75, 3.05) is 7.05 Å². The zero-order valence-corrected chi connectivity index (χ0v) is 12.3. The van der Waals surface area contributed by atoms with Crippen molar-refractivity contribution >= 4 is 23.2 Å². The fraction of sp³-hybridized carbons (Fsp3) is 0.538. The first kappa shape index (κ1) is 14.7. The van der Waals surface area contributed by atoms with Crippen molar-refractivity contribution in [2.24, 2.45) is 0 Å². The Labute approximate surface area is 112 Å². The summed E-state index contributed by atoms with van der Waals surface area (Å²) in [5.74, 6) is -1.42. The number of hydrogen-bond acceptors (Lipinski definition) is 4. The van der Waals surface area contributed by atoms with Crippen molar-refractivity contribution in [1.29, 1.82) is 0 Å². The summed E-state index contributed by atoms with van der Waals surface area (Å²) in [4.78, 5) is 25.9. The monoisotopic (exact) mass is 269 g/mol. The van der Waals surface area contributed by atoms with E-state index in [1.807, 2.05) is 18.4 Å². The maximum absolute atomic E-state index is 11.8. The van der Waals surface area contributed by atoms with Crippen LogP contribution in [-0.4, -0.2) is 29.4 Å². The molecule has 5 heteroatoms. The molecule has 100 valence electrons. The maximum Gasteiger partial charge on any atom is 0.397 e. The van der Waals surface area contributed by atoms with Crippen LogP contribution in [0.3, 0.4) is 0 Å². The minimum Gasteiger partial charge on any atom is -0.453 e. The van der Waals surface area contributed by atoms with Crippen molar-refractivity contribution < 1.29 is 14.3 Å². The Morgan fingerprint density at radius 2 is 2.00 bits per heavy atom. The molecule has 0 saturated heterocycles. The Balaban J connectivity index is 2.62. The molecule has 0 aliphatic heterocycles. The second-order valence-corrected chi connectivity index (χ2v) is 6.19. The summed E-state index contributed by atoms with van der Waals surface area (Å²) in [6.45, 7) is 7.63. The van der Waals surface area contributed by atoms with Gasteiger partial charge in [0.1, 0.15) is 5.60 Å². The second-order valence-electron chi connectivity index (χ2n) is 5.19. The number of amides is 1. The SMILES string of the molecule is Cc1ccsc1CN(C)C(=O)C(=O)OC(C)(C)C. The molecular formula is C13H19NO3S. The minimum absolute atomic E-state index is 0.432. The van der Waals surface area contributed by atoms with Crippen molar-refractivity contribution in [2.45, 2.75) is 39.8 Å². The van der Waals surface area contributed by atoms with Crippen LogP contribution < -0.4 is 0 Å². The lowest BCUT2D eigenvalue weighted by atomic mass is 10.2. The second kappa shape index (κ2) is 5.52. The highest BCUT2D eigenvalue weighted by Gasteiger charge is 2.26. The molecule has 1 aromatic heterocycles. The summed E-state index contributed by atoms with van der Waals surface area (Å²) in [5, 5.41) is 1.97. The van der Waals surface area contributed by atoms with Gasteiger partial charge in [-0.15, -0.1) is 11.3 Å². The molecule has 0 N–H and O–H groups in total. The third-order valence-corrected chi connectivity index (χ3v) is 3.28. The highest BCUT2D eigenvalue weighted by atomic mass is 32.1. The lowest BCUT2D eigenvalue weighted by Crippen LogP contribution is -2.37. The number of ether oxygens (including phenoxy) is 1. The molecule has 1 aromatic rings. The van der Waals surface area contributed by atoms with E-state index < -0.39 is 17.5 Å². The first-order valence-electron chi connectivity index (χ1n) is 5.72. The predicted molar refractivity (Wildman–Crippen MR) is 71.4 cm³/mol. The lowest BCUT2D eigenvalue weighted by Gasteiger charge is -2.21. The number of nitrogens with zero attached hydrogens (tertiary/aromatic N) is 1. The van der Waals surface area contributed by atoms with E-state index >= 15 is 0 Å². The zero-order chi connectivity index (χ0) is 13.9. The van der Waals surface area contributed by atoms with Gasteiger partial charge in [0, 0.05) is 11.9 Å². The van der Waals surface area contributed by atoms with Gasteiger partial charge in [0.25, 0.3) is 0 Å². The smallest absolute Gasteiger partial charge is 0.397 e. The summed E-state index contributed by atoms with van der Waals surface area (Å²) in [7, 11) is 1.60. The largest absolute Gasteiger partial charge is 0.453 e. The molecule has 0 atom stereocenters. The average Bonchev–Trinajstić information content (AvgIpc) is 2.60. The molecule has 1 heterocycles. The highest BCUT2D eigenvalue weighted by Crippen LogP contribution is 2.17. The highest BCUT2D eigenvalue weighted by molar-refractivity contribution is 7.10. The molecule has 0 aliphatic carbocycles. The molecule has 18 heavy (non-hydrogen) atoms. The van der Waals surface area contributed by atoms with E-state index in [0.717, 1.165) is 10.4 Å². The summed E-state index contributed by atoms with van der Waals surface area (Å²) >= 11 is 1.57. The number of carbonyl (C=O) groups is 2. The van der Waals surface area contributed by atoms with E-state index in [0.29, 0.717) is 6.54 Å². The standard InChI is InChI=1S/C13H19NO3S/c1-9-6-7-18-10(9)8-14(5)11(15)12(16)17-13(2,3)4/h6-7H,8H2,1-5H3. The van der Waals surface area contributed by atoms with Gasteiger partial charge >= 0.3 is 11.9 Å². The zero-order valence-electron chi connectivity index (χ0n) is 11.4. The van der Waals surface area contributed by atoms with Crippen LogP contribution in [0.4, 0.5) is 0 Å². The number of likely N-dealkylation sites (N-methyl/N-ethyl adjacent to an activating group) is 1. The van der Waals surface area contributed by atoms with Crippen molar-refractivity contribution in [3.05, 3.63) is 21.9 Å². The third-order valence-electron chi connectivity index (χ3n) is 2.27. The quantitative estimate of drug-likeness (QED) is 0.611. The summed E-state index contributed by atoms with van der Waals surface area (Å²) in [6, 6.07) is 1.99. The Bertz CT molecular complexity index is 445. The number of hydrogen-bond donors (Lipinski definition) is 0. The lowest BCUT2D eigenvalue weighted by molar-refractivity contribution is -0.167. The average molecular weight is 269 g/mol. The topological polar surface area (TPSA) is 46.6 Å². The number of thiophene rings is 1. The first-order valence-corrected chi connectivity index (χ1v) is 6.60. The molecule has 0 spiro atoms. The van der Waals surface area contributed by atoms with E-state index in [2.05, 4.69) is 0 Å². The van der Waals surface area contributed by atoms with E-state index in [4.69, 9.17) is 4.74 Å². The molecular weight excluding hydrogens is 250 g/mol. The molecule has 0 unspecified atom stereocenters. The van der Waals surface area contributed by atoms with Gasteiger partial charge in [-0.1, -0.05) is 0 Å². The Morgan fingerprint density at radius 1 is 1.39 bits per heavy atom. The summed E-state index contributed by atoms with van der Waals surface area (Å²) in [5.41, 5.74) is 0.482.